The lowest BCUT2D eigenvalue weighted by molar-refractivity contribution is 0.0690. The molecule has 0 saturated carbocycles. The van der Waals surface area contributed by atoms with Crippen molar-refractivity contribution in [2.75, 3.05) is 0 Å². The van der Waals surface area contributed by atoms with Crippen molar-refractivity contribution >= 4 is 12.0 Å². The molecule has 0 saturated heterocycles. The van der Waals surface area contributed by atoms with Gasteiger partial charge < -0.3 is 9.84 Å². The number of carbonyl (C=O) groups is 1. The Morgan fingerprint density at radius 3 is 2.33 bits per heavy atom. The third-order valence-corrected chi connectivity index (χ3v) is 2.31. The molecule has 0 aliphatic rings. The van der Waals surface area contributed by atoms with Gasteiger partial charge in [0.05, 0.1) is 6.20 Å². The van der Waals surface area contributed by atoms with E-state index in [1.54, 1.807) is 12.1 Å². The maximum absolute atomic E-state index is 10.6. The highest BCUT2D eigenvalue weighted by Gasteiger charge is 2.04. The summed E-state index contributed by atoms with van der Waals surface area (Å²) in [4.78, 5) is 14.4. The monoisotopic (exact) mass is 241 g/mol. The molecule has 0 radical (unpaired) electrons. The molecule has 2 rings (SSSR count). The van der Waals surface area contributed by atoms with Gasteiger partial charge in [-0.15, -0.1) is 0 Å². The maximum atomic E-state index is 10.6. The minimum absolute atomic E-state index is 0.00986. The average Bonchev–Trinajstić information content (AvgIpc) is 2.40. The quantitative estimate of drug-likeness (QED) is 0.892. The predicted octanol–water partition coefficient (Wildman–Crippen LogP) is 3.22. The number of benzene rings is 1. The Balaban J connectivity index is 2.12. The summed E-state index contributed by atoms with van der Waals surface area (Å²) in [5, 5.41) is 8.71. The molecule has 90 valence electrons. The van der Waals surface area contributed by atoms with Crippen LogP contribution >= 0.6 is 0 Å². The first-order chi connectivity index (χ1) is 8.69. The van der Waals surface area contributed by atoms with Crippen molar-refractivity contribution in [2.24, 2.45) is 0 Å². The minimum Gasteiger partial charge on any atom is -0.477 e. The van der Waals surface area contributed by atoms with Crippen molar-refractivity contribution in [1.82, 2.24) is 4.98 Å². The van der Waals surface area contributed by atoms with Gasteiger partial charge >= 0.3 is 5.97 Å². The lowest BCUT2D eigenvalue weighted by atomic mass is 10.2. The van der Waals surface area contributed by atoms with E-state index in [2.05, 4.69) is 11.6 Å². The van der Waals surface area contributed by atoms with Gasteiger partial charge in [0.25, 0.3) is 0 Å². The fourth-order valence-electron chi connectivity index (χ4n) is 1.38. The smallest absolute Gasteiger partial charge is 0.354 e. The molecule has 1 N–H and O–H groups in total. The number of hydrogen-bond acceptors (Lipinski definition) is 3. The molecule has 1 heterocycles. The van der Waals surface area contributed by atoms with Gasteiger partial charge in [0.1, 0.15) is 17.2 Å². The number of pyridine rings is 1. The molecule has 0 atom stereocenters. The summed E-state index contributed by atoms with van der Waals surface area (Å²) in [6.07, 6.45) is 3.12. The summed E-state index contributed by atoms with van der Waals surface area (Å²) in [7, 11) is 0. The van der Waals surface area contributed by atoms with E-state index >= 15 is 0 Å². The molecule has 1 aromatic heterocycles. The zero-order chi connectivity index (χ0) is 13.0. The molecule has 0 aliphatic heterocycles. The van der Waals surface area contributed by atoms with E-state index in [1.165, 1.54) is 12.3 Å². The topological polar surface area (TPSA) is 59.4 Å². The Morgan fingerprint density at radius 1 is 1.17 bits per heavy atom. The number of aromatic nitrogens is 1. The molecule has 0 unspecified atom stereocenters. The Morgan fingerprint density at radius 2 is 1.83 bits per heavy atom. The predicted molar refractivity (Wildman–Crippen MR) is 67.8 cm³/mol. The average molecular weight is 241 g/mol. The molecule has 1 aromatic carbocycles. The van der Waals surface area contributed by atoms with E-state index < -0.39 is 5.97 Å². The molecule has 0 fully saturated rings. The number of nitrogens with zero attached hydrogens (tertiary/aromatic N) is 1. The second-order valence-corrected chi connectivity index (χ2v) is 3.56. The fourth-order valence-corrected chi connectivity index (χ4v) is 1.38. The lowest BCUT2D eigenvalue weighted by Gasteiger charge is -2.05. The SMILES string of the molecule is C=Cc1ccc(Oc2ccc(C(=O)O)nc2)cc1. The van der Waals surface area contributed by atoms with Crippen LogP contribution in [-0.4, -0.2) is 16.1 Å². The second kappa shape index (κ2) is 5.14. The highest BCUT2D eigenvalue weighted by molar-refractivity contribution is 5.85. The molecule has 0 aliphatic carbocycles. The highest BCUT2D eigenvalue weighted by atomic mass is 16.5. The zero-order valence-electron chi connectivity index (χ0n) is 9.54. The summed E-state index contributed by atoms with van der Waals surface area (Å²) in [6.45, 7) is 3.66. The van der Waals surface area contributed by atoms with Gasteiger partial charge in [0.2, 0.25) is 0 Å². The summed E-state index contributed by atoms with van der Waals surface area (Å²) >= 11 is 0. The highest BCUT2D eigenvalue weighted by Crippen LogP contribution is 2.21. The molecular formula is C14H11NO3. The van der Waals surface area contributed by atoms with Crippen LogP contribution in [0.3, 0.4) is 0 Å². The zero-order valence-corrected chi connectivity index (χ0v) is 9.54. The Bertz CT molecular complexity index is 559. The molecule has 4 heteroatoms. The van der Waals surface area contributed by atoms with Gasteiger partial charge in [0.15, 0.2) is 0 Å². The van der Waals surface area contributed by atoms with Crippen LogP contribution in [0.15, 0.2) is 49.2 Å². The van der Waals surface area contributed by atoms with Crippen LogP contribution in [-0.2, 0) is 0 Å². The number of ether oxygens (including phenoxy) is 1. The molecule has 2 aromatic rings. The van der Waals surface area contributed by atoms with Crippen molar-refractivity contribution in [3.63, 3.8) is 0 Å². The summed E-state index contributed by atoms with van der Waals surface area (Å²) in [6, 6.07) is 10.3. The van der Waals surface area contributed by atoms with E-state index in [0.29, 0.717) is 11.5 Å². The summed E-state index contributed by atoms with van der Waals surface area (Å²) < 4.78 is 5.52. The van der Waals surface area contributed by atoms with Crippen LogP contribution in [0.1, 0.15) is 16.1 Å². The third-order valence-electron chi connectivity index (χ3n) is 2.31. The Labute approximate surface area is 104 Å². The molecule has 4 nitrogen and oxygen atoms in total. The summed E-state index contributed by atoms with van der Waals surface area (Å²) in [5.74, 6) is 0.0914. The second-order valence-electron chi connectivity index (χ2n) is 3.56. The van der Waals surface area contributed by atoms with Gasteiger partial charge in [-0.25, -0.2) is 9.78 Å². The molecule has 0 amide bonds. The first-order valence-corrected chi connectivity index (χ1v) is 5.29. The largest absolute Gasteiger partial charge is 0.477 e. The number of aromatic carboxylic acids is 1. The van der Waals surface area contributed by atoms with Crippen LogP contribution in [0.25, 0.3) is 6.08 Å². The van der Waals surface area contributed by atoms with Gasteiger partial charge in [-0.1, -0.05) is 24.8 Å². The Kier molecular flexibility index (Phi) is 3.38. The normalized spacial score (nSPS) is 9.78. The first kappa shape index (κ1) is 11.9. The van der Waals surface area contributed by atoms with Crippen LogP contribution in [0.5, 0.6) is 11.5 Å². The Hall–Kier alpha value is -2.62. The first-order valence-electron chi connectivity index (χ1n) is 5.29. The van der Waals surface area contributed by atoms with Crippen molar-refractivity contribution in [3.05, 3.63) is 60.4 Å². The van der Waals surface area contributed by atoms with Crippen molar-refractivity contribution in [2.45, 2.75) is 0 Å². The van der Waals surface area contributed by atoms with E-state index in [4.69, 9.17) is 9.84 Å². The van der Waals surface area contributed by atoms with E-state index in [-0.39, 0.29) is 5.69 Å². The lowest BCUT2D eigenvalue weighted by Crippen LogP contribution is -1.99. The molecule has 0 spiro atoms. The van der Waals surface area contributed by atoms with Gasteiger partial charge in [0, 0.05) is 0 Å². The molecular weight excluding hydrogens is 230 g/mol. The van der Waals surface area contributed by atoms with E-state index in [9.17, 15) is 4.79 Å². The maximum Gasteiger partial charge on any atom is 0.354 e. The van der Waals surface area contributed by atoms with Crippen molar-refractivity contribution < 1.29 is 14.6 Å². The van der Waals surface area contributed by atoms with Crippen LogP contribution in [0.4, 0.5) is 0 Å². The minimum atomic E-state index is -1.06. The van der Waals surface area contributed by atoms with Crippen molar-refractivity contribution in [1.29, 1.82) is 0 Å². The number of carboxylic acids is 1. The van der Waals surface area contributed by atoms with Gasteiger partial charge in [-0.3, -0.25) is 0 Å². The number of hydrogen-bond donors (Lipinski definition) is 1. The van der Waals surface area contributed by atoms with Gasteiger partial charge in [-0.2, -0.15) is 0 Å². The number of carboxylic acid groups (broad SMARTS) is 1. The fraction of sp³-hybridized carbons (Fsp3) is 0. The number of rotatable bonds is 4. The molecule has 18 heavy (non-hydrogen) atoms. The van der Waals surface area contributed by atoms with Crippen LogP contribution in [0.2, 0.25) is 0 Å². The van der Waals surface area contributed by atoms with E-state index in [0.717, 1.165) is 5.56 Å². The van der Waals surface area contributed by atoms with Crippen LogP contribution < -0.4 is 4.74 Å². The molecule has 0 bridgehead atoms. The van der Waals surface area contributed by atoms with Crippen LogP contribution in [0, 0.1) is 0 Å². The van der Waals surface area contributed by atoms with Gasteiger partial charge in [-0.05, 0) is 29.8 Å². The third kappa shape index (κ3) is 2.74. The van der Waals surface area contributed by atoms with E-state index in [1.807, 2.05) is 24.3 Å². The van der Waals surface area contributed by atoms with Crippen molar-refractivity contribution in [3.8, 4) is 11.5 Å². The standard InChI is InChI=1S/C14H11NO3/c1-2-10-3-5-11(6-4-10)18-12-7-8-13(14(16)17)15-9-12/h2-9H,1H2,(H,16,17). The summed E-state index contributed by atoms with van der Waals surface area (Å²) in [5.41, 5.74) is 0.992.